The summed E-state index contributed by atoms with van der Waals surface area (Å²) in [5.74, 6) is 0.667. The van der Waals surface area contributed by atoms with Gasteiger partial charge in [0.25, 0.3) is 5.91 Å². The zero-order valence-electron chi connectivity index (χ0n) is 11.5. The molecule has 4 nitrogen and oxygen atoms in total. The Labute approximate surface area is 135 Å². The Kier molecular flexibility index (Phi) is 4.29. The highest BCUT2D eigenvalue weighted by atomic mass is 79.9. The molecule has 22 heavy (non-hydrogen) atoms. The van der Waals surface area contributed by atoms with Gasteiger partial charge in [0.2, 0.25) is 0 Å². The zero-order chi connectivity index (χ0) is 15.5. The number of benzene rings is 2. The van der Waals surface area contributed by atoms with E-state index in [1.807, 2.05) is 24.3 Å². The minimum absolute atomic E-state index is 0.266. The summed E-state index contributed by atoms with van der Waals surface area (Å²) < 4.78 is 24.8. The number of rotatable bonds is 3. The summed E-state index contributed by atoms with van der Waals surface area (Å²) in [6.45, 7) is 0.666. The Morgan fingerprint density at radius 1 is 1.27 bits per heavy atom. The summed E-state index contributed by atoms with van der Waals surface area (Å²) >= 11 is 3.18. The first kappa shape index (κ1) is 14.8. The molecule has 1 unspecified atom stereocenters. The van der Waals surface area contributed by atoms with Crippen LogP contribution in [-0.2, 0) is 0 Å². The highest BCUT2D eigenvalue weighted by Gasteiger charge is 2.21. The normalized spacial score (nSPS) is 16.2. The quantitative estimate of drug-likeness (QED) is 0.908. The molecule has 114 valence electrons. The van der Waals surface area contributed by atoms with Crippen LogP contribution >= 0.6 is 15.9 Å². The lowest BCUT2D eigenvalue weighted by molar-refractivity contribution is 0.0789. The minimum atomic E-state index is -0.399. The minimum Gasteiger partial charge on any atom is -0.486 e. The molecule has 2 aromatic rings. The molecule has 1 atom stereocenters. The van der Waals surface area contributed by atoms with Crippen molar-refractivity contribution in [3.8, 4) is 11.5 Å². The monoisotopic (exact) mass is 365 g/mol. The van der Waals surface area contributed by atoms with Gasteiger partial charge in [-0.2, -0.15) is 0 Å². The van der Waals surface area contributed by atoms with Gasteiger partial charge in [0, 0.05) is 4.47 Å². The number of carbonyl (C=O) groups is 1. The van der Waals surface area contributed by atoms with E-state index in [2.05, 4.69) is 21.2 Å². The second kappa shape index (κ2) is 6.36. The fraction of sp³-hybridized carbons (Fsp3) is 0.188. The molecule has 0 saturated heterocycles. The highest BCUT2D eigenvalue weighted by molar-refractivity contribution is 9.10. The van der Waals surface area contributed by atoms with Gasteiger partial charge in [-0.3, -0.25) is 4.79 Å². The first-order chi connectivity index (χ1) is 10.6. The Morgan fingerprint density at radius 3 is 2.82 bits per heavy atom. The predicted octanol–water partition coefficient (Wildman–Crippen LogP) is 3.16. The van der Waals surface area contributed by atoms with E-state index in [-0.39, 0.29) is 12.0 Å². The fourth-order valence-corrected chi connectivity index (χ4v) is 2.67. The Balaban J connectivity index is 1.60. The van der Waals surface area contributed by atoms with Gasteiger partial charge in [-0.15, -0.1) is 0 Å². The highest BCUT2D eigenvalue weighted by Crippen LogP contribution is 2.30. The van der Waals surface area contributed by atoms with Crippen molar-refractivity contribution in [2.45, 2.75) is 6.10 Å². The number of halogens is 2. The molecule has 0 bridgehead atoms. The Morgan fingerprint density at radius 2 is 2.05 bits per heavy atom. The van der Waals surface area contributed by atoms with Crippen LogP contribution in [0.15, 0.2) is 46.9 Å². The topological polar surface area (TPSA) is 47.6 Å². The van der Waals surface area contributed by atoms with Gasteiger partial charge in [0.1, 0.15) is 18.5 Å². The number of amides is 1. The molecular formula is C16H13BrFNO3. The van der Waals surface area contributed by atoms with Crippen molar-refractivity contribution in [2.75, 3.05) is 13.2 Å². The predicted molar refractivity (Wildman–Crippen MR) is 82.8 cm³/mol. The first-order valence-electron chi connectivity index (χ1n) is 6.75. The third-order valence-electron chi connectivity index (χ3n) is 3.23. The molecule has 0 saturated carbocycles. The number of para-hydroxylation sites is 2. The van der Waals surface area contributed by atoms with Crippen LogP contribution in [0.4, 0.5) is 4.39 Å². The van der Waals surface area contributed by atoms with Crippen molar-refractivity contribution in [3.63, 3.8) is 0 Å². The standard InChI is InChI=1S/C16H13BrFNO3/c17-13-7-10(18)5-6-12(13)16(20)19-8-11-9-21-14-3-1-2-4-15(14)22-11/h1-7,11H,8-9H2,(H,19,20). The average Bonchev–Trinajstić information content (AvgIpc) is 2.52. The summed E-state index contributed by atoms with van der Waals surface area (Å²) in [5.41, 5.74) is 0.374. The molecule has 0 radical (unpaired) electrons. The zero-order valence-corrected chi connectivity index (χ0v) is 13.1. The first-order valence-corrected chi connectivity index (χ1v) is 7.54. The lowest BCUT2D eigenvalue weighted by Crippen LogP contribution is -2.40. The van der Waals surface area contributed by atoms with Crippen LogP contribution in [-0.4, -0.2) is 25.2 Å². The van der Waals surface area contributed by atoms with Crippen LogP contribution < -0.4 is 14.8 Å². The van der Waals surface area contributed by atoms with Crippen LogP contribution in [0.5, 0.6) is 11.5 Å². The van der Waals surface area contributed by atoms with Crippen LogP contribution in [0.1, 0.15) is 10.4 Å². The molecule has 1 aliphatic heterocycles. The second-order valence-corrected chi connectivity index (χ2v) is 5.69. The van der Waals surface area contributed by atoms with E-state index >= 15 is 0 Å². The molecule has 0 aliphatic carbocycles. The number of hydrogen-bond donors (Lipinski definition) is 1. The van der Waals surface area contributed by atoms with Crippen LogP contribution in [0, 0.1) is 5.82 Å². The number of hydrogen-bond acceptors (Lipinski definition) is 3. The number of fused-ring (bicyclic) bond motifs is 1. The van der Waals surface area contributed by atoms with E-state index in [1.165, 1.54) is 18.2 Å². The van der Waals surface area contributed by atoms with Crippen molar-refractivity contribution in [1.82, 2.24) is 5.32 Å². The van der Waals surface area contributed by atoms with Gasteiger partial charge in [0.05, 0.1) is 12.1 Å². The lowest BCUT2D eigenvalue weighted by atomic mass is 10.2. The van der Waals surface area contributed by atoms with Crippen LogP contribution in [0.2, 0.25) is 0 Å². The fourth-order valence-electron chi connectivity index (χ4n) is 2.14. The van der Waals surface area contributed by atoms with E-state index in [0.717, 1.165) is 0 Å². The second-order valence-electron chi connectivity index (χ2n) is 4.83. The van der Waals surface area contributed by atoms with E-state index in [1.54, 1.807) is 0 Å². The largest absolute Gasteiger partial charge is 0.486 e. The van der Waals surface area contributed by atoms with Gasteiger partial charge in [-0.1, -0.05) is 12.1 Å². The molecule has 6 heteroatoms. The Bertz CT molecular complexity index is 708. The number of ether oxygens (including phenoxy) is 2. The smallest absolute Gasteiger partial charge is 0.252 e. The Hall–Kier alpha value is -2.08. The molecule has 1 heterocycles. The number of carbonyl (C=O) groups excluding carboxylic acids is 1. The maximum Gasteiger partial charge on any atom is 0.252 e. The third kappa shape index (κ3) is 3.22. The molecule has 0 aromatic heterocycles. The van der Waals surface area contributed by atoms with E-state index < -0.39 is 5.82 Å². The van der Waals surface area contributed by atoms with Gasteiger partial charge in [-0.25, -0.2) is 4.39 Å². The molecule has 1 amide bonds. The lowest BCUT2D eigenvalue weighted by Gasteiger charge is -2.26. The van der Waals surface area contributed by atoms with Gasteiger partial charge < -0.3 is 14.8 Å². The molecule has 0 spiro atoms. The molecule has 1 N–H and O–H groups in total. The van der Waals surface area contributed by atoms with Gasteiger partial charge in [0.15, 0.2) is 11.5 Å². The van der Waals surface area contributed by atoms with Gasteiger partial charge in [-0.05, 0) is 46.3 Å². The van der Waals surface area contributed by atoms with Crippen molar-refractivity contribution < 1.29 is 18.7 Å². The molecule has 0 fully saturated rings. The maximum absolute atomic E-state index is 13.0. The van der Waals surface area contributed by atoms with E-state index in [4.69, 9.17) is 9.47 Å². The van der Waals surface area contributed by atoms with Crippen molar-refractivity contribution >= 4 is 21.8 Å². The molecular weight excluding hydrogens is 353 g/mol. The number of nitrogens with one attached hydrogen (secondary N) is 1. The van der Waals surface area contributed by atoms with Crippen LogP contribution in [0.3, 0.4) is 0 Å². The molecule has 2 aromatic carbocycles. The third-order valence-corrected chi connectivity index (χ3v) is 3.89. The van der Waals surface area contributed by atoms with E-state index in [9.17, 15) is 9.18 Å². The van der Waals surface area contributed by atoms with E-state index in [0.29, 0.717) is 34.7 Å². The summed E-state index contributed by atoms with van der Waals surface area (Å²) in [5, 5.41) is 2.76. The van der Waals surface area contributed by atoms with Crippen LogP contribution in [0.25, 0.3) is 0 Å². The average molecular weight is 366 g/mol. The van der Waals surface area contributed by atoms with Crippen molar-refractivity contribution in [1.29, 1.82) is 0 Å². The summed E-state index contributed by atoms with van der Waals surface area (Å²) in [6, 6.07) is 11.3. The molecule has 3 rings (SSSR count). The maximum atomic E-state index is 13.0. The molecule has 1 aliphatic rings. The summed E-state index contributed by atoms with van der Waals surface area (Å²) in [7, 11) is 0. The summed E-state index contributed by atoms with van der Waals surface area (Å²) in [4.78, 5) is 12.1. The van der Waals surface area contributed by atoms with Crippen molar-refractivity contribution in [3.05, 3.63) is 58.3 Å². The SMILES string of the molecule is O=C(NCC1COc2ccccc2O1)c1ccc(F)cc1Br. The summed E-state index contributed by atoms with van der Waals surface area (Å²) in [6.07, 6.45) is -0.266. The van der Waals surface area contributed by atoms with Crippen molar-refractivity contribution in [2.24, 2.45) is 0 Å². The van der Waals surface area contributed by atoms with Gasteiger partial charge >= 0.3 is 0 Å².